The third-order valence-electron chi connectivity index (χ3n) is 4.88. The summed E-state index contributed by atoms with van der Waals surface area (Å²) in [5.41, 5.74) is 0.949. The molecule has 116 valence electrons. The molecule has 2 aliphatic rings. The maximum Gasteiger partial charge on any atom is 0.243 e. The molecule has 2 atom stereocenters. The Morgan fingerprint density at radius 2 is 1.71 bits per heavy atom. The zero-order valence-corrected chi connectivity index (χ0v) is 13.7. The molecule has 3 rings (SSSR count). The molecule has 0 N–H and O–H groups in total. The lowest BCUT2D eigenvalue weighted by Gasteiger charge is -2.43. The Bertz CT molecular complexity index is 583. The minimum absolute atomic E-state index is 0.213. The Hall–Kier alpha value is -0.580. The van der Waals surface area contributed by atoms with Gasteiger partial charge in [0.25, 0.3) is 0 Å². The molecule has 0 amide bonds. The molecule has 1 saturated carbocycles. The van der Waals surface area contributed by atoms with Crippen molar-refractivity contribution in [1.82, 2.24) is 4.31 Å². The Balaban J connectivity index is 1.88. The van der Waals surface area contributed by atoms with Crippen LogP contribution in [0.1, 0.15) is 44.1 Å². The monoisotopic (exact) mass is 327 g/mol. The fourth-order valence-electron chi connectivity index (χ4n) is 3.76. The van der Waals surface area contributed by atoms with E-state index in [1.807, 2.05) is 12.1 Å². The van der Waals surface area contributed by atoms with Crippen molar-refractivity contribution in [3.63, 3.8) is 0 Å². The number of fused-ring (bicyclic) bond motifs is 1. The lowest BCUT2D eigenvalue weighted by molar-refractivity contribution is 0.129. The highest BCUT2D eigenvalue weighted by atomic mass is 35.5. The van der Waals surface area contributed by atoms with Crippen LogP contribution in [0.2, 0.25) is 0 Å². The Morgan fingerprint density at radius 3 is 2.43 bits per heavy atom. The first-order chi connectivity index (χ1) is 10.1. The van der Waals surface area contributed by atoms with E-state index < -0.39 is 10.0 Å². The van der Waals surface area contributed by atoms with Gasteiger partial charge in [0.1, 0.15) is 0 Å². The summed E-state index contributed by atoms with van der Waals surface area (Å²) in [4.78, 5) is 0.405. The van der Waals surface area contributed by atoms with Gasteiger partial charge in [-0.15, -0.1) is 11.6 Å². The molecule has 5 heteroatoms. The van der Waals surface area contributed by atoms with E-state index in [-0.39, 0.29) is 6.04 Å². The number of rotatable bonds is 3. The molecular weight excluding hydrogens is 306 g/mol. The van der Waals surface area contributed by atoms with Crippen molar-refractivity contribution in [3.8, 4) is 0 Å². The summed E-state index contributed by atoms with van der Waals surface area (Å²) >= 11 is 5.77. The van der Waals surface area contributed by atoms with Crippen molar-refractivity contribution in [2.24, 2.45) is 5.92 Å². The highest BCUT2D eigenvalue weighted by Gasteiger charge is 2.39. The predicted octanol–water partition coefficient (Wildman–Crippen LogP) is 3.77. The highest BCUT2D eigenvalue weighted by molar-refractivity contribution is 7.89. The van der Waals surface area contributed by atoms with Crippen molar-refractivity contribution >= 4 is 21.6 Å². The average molecular weight is 328 g/mol. The molecule has 1 aliphatic heterocycles. The summed E-state index contributed by atoms with van der Waals surface area (Å²) in [5.74, 6) is 0.971. The minimum Gasteiger partial charge on any atom is -0.207 e. The SMILES string of the molecule is O=S(=O)(c1ccc(CCl)cc1)N1CCC[C@H]2CCCC[C@H]21. The van der Waals surface area contributed by atoms with Crippen LogP contribution in [0.25, 0.3) is 0 Å². The van der Waals surface area contributed by atoms with E-state index in [0.717, 1.165) is 24.8 Å². The van der Waals surface area contributed by atoms with Crippen molar-refractivity contribution in [2.75, 3.05) is 6.54 Å². The summed E-state index contributed by atoms with van der Waals surface area (Å²) in [5, 5.41) is 0. The van der Waals surface area contributed by atoms with Gasteiger partial charge in [-0.2, -0.15) is 4.31 Å². The first kappa shape index (κ1) is 15.3. The fraction of sp³-hybridized carbons (Fsp3) is 0.625. The second-order valence-corrected chi connectivity index (χ2v) is 8.31. The van der Waals surface area contributed by atoms with Gasteiger partial charge in [0.2, 0.25) is 10.0 Å². The third kappa shape index (κ3) is 2.99. The molecular formula is C16H22ClNO2S. The average Bonchev–Trinajstić information content (AvgIpc) is 2.54. The number of piperidine rings is 1. The van der Waals surface area contributed by atoms with Gasteiger partial charge in [-0.1, -0.05) is 25.0 Å². The van der Waals surface area contributed by atoms with Gasteiger partial charge in [-0.05, 0) is 49.3 Å². The molecule has 1 aromatic carbocycles. The van der Waals surface area contributed by atoms with Crippen LogP contribution < -0.4 is 0 Å². The number of benzene rings is 1. The fourth-order valence-corrected chi connectivity index (χ4v) is 5.70. The summed E-state index contributed by atoms with van der Waals surface area (Å²) in [6, 6.07) is 7.22. The molecule has 0 bridgehead atoms. The van der Waals surface area contributed by atoms with Crippen LogP contribution in [0.4, 0.5) is 0 Å². The van der Waals surface area contributed by atoms with Crippen LogP contribution in [0.3, 0.4) is 0 Å². The predicted molar refractivity (Wildman–Crippen MR) is 84.9 cm³/mol. The van der Waals surface area contributed by atoms with Gasteiger partial charge in [-0.25, -0.2) is 8.42 Å². The van der Waals surface area contributed by atoms with Crippen molar-refractivity contribution in [2.45, 2.75) is 55.3 Å². The van der Waals surface area contributed by atoms with Crippen molar-refractivity contribution in [1.29, 1.82) is 0 Å². The molecule has 21 heavy (non-hydrogen) atoms. The van der Waals surface area contributed by atoms with Gasteiger partial charge in [0, 0.05) is 18.5 Å². The second kappa shape index (κ2) is 6.27. The summed E-state index contributed by atoms with van der Waals surface area (Å²) in [7, 11) is -3.37. The summed E-state index contributed by atoms with van der Waals surface area (Å²) < 4.78 is 27.6. The molecule has 0 spiro atoms. The lowest BCUT2D eigenvalue weighted by atomic mass is 9.79. The number of halogens is 1. The third-order valence-corrected chi connectivity index (χ3v) is 7.12. The number of sulfonamides is 1. The van der Waals surface area contributed by atoms with Gasteiger partial charge < -0.3 is 0 Å². The molecule has 1 aliphatic carbocycles. The molecule has 0 unspecified atom stereocenters. The molecule has 3 nitrogen and oxygen atoms in total. The van der Waals surface area contributed by atoms with Crippen LogP contribution in [-0.4, -0.2) is 25.3 Å². The first-order valence-electron chi connectivity index (χ1n) is 7.79. The van der Waals surface area contributed by atoms with E-state index in [1.165, 1.54) is 19.3 Å². The van der Waals surface area contributed by atoms with Crippen LogP contribution in [0, 0.1) is 5.92 Å². The molecule has 1 heterocycles. The summed E-state index contributed by atoms with van der Waals surface area (Å²) in [6.07, 6.45) is 6.77. The number of hydrogen-bond acceptors (Lipinski definition) is 2. The van der Waals surface area contributed by atoms with Crippen LogP contribution in [0.15, 0.2) is 29.2 Å². The Morgan fingerprint density at radius 1 is 1.05 bits per heavy atom. The normalized spacial score (nSPS) is 27.3. The van der Waals surface area contributed by atoms with Crippen molar-refractivity contribution in [3.05, 3.63) is 29.8 Å². The van der Waals surface area contributed by atoms with Gasteiger partial charge >= 0.3 is 0 Å². The van der Waals surface area contributed by atoms with E-state index in [2.05, 4.69) is 0 Å². The standard InChI is InChI=1S/C16H22ClNO2S/c17-12-13-7-9-15(10-8-13)21(19,20)18-11-3-5-14-4-1-2-6-16(14)18/h7-10,14,16H,1-6,11-12H2/t14-,16-/m1/s1. The number of alkyl halides is 1. The molecule has 2 fully saturated rings. The van der Waals surface area contributed by atoms with E-state index >= 15 is 0 Å². The van der Waals surface area contributed by atoms with Crippen LogP contribution >= 0.6 is 11.6 Å². The van der Waals surface area contributed by atoms with E-state index in [1.54, 1.807) is 16.4 Å². The minimum atomic E-state index is -3.37. The zero-order valence-electron chi connectivity index (χ0n) is 12.2. The molecule has 0 aromatic heterocycles. The maximum absolute atomic E-state index is 12.9. The van der Waals surface area contributed by atoms with Gasteiger partial charge in [0.05, 0.1) is 4.90 Å². The Kier molecular flexibility index (Phi) is 4.57. The summed E-state index contributed by atoms with van der Waals surface area (Å²) in [6.45, 7) is 0.667. The number of hydrogen-bond donors (Lipinski definition) is 0. The van der Waals surface area contributed by atoms with E-state index in [9.17, 15) is 8.42 Å². The van der Waals surface area contributed by atoms with E-state index in [4.69, 9.17) is 11.6 Å². The molecule has 1 saturated heterocycles. The first-order valence-corrected chi connectivity index (χ1v) is 9.77. The van der Waals surface area contributed by atoms with Crippen molar-refractivity contribution < 1.29 is 8.42 Å². The zero-order chi connectivity index (χ0) is 14.9. The maximum atomic E-state index is 12.9. The molecule has 0 radical (unpaired) electrons. The van der Waals surface area contributed by atoms with Gasteiger partial charge in [0.15, 0.2) is 0 Å². The lowest BCUT2D eigenvalue weighted by Crippen LogP contribution is -2.49. The number of nitrogens with zero attached hydrogens (tertiary/aromatic N) is 1. The highest BCUT2D eigenvalue weighted by Crippen LogP contribution is 2.38. The molecule has 1 aromatic rings. The van der Waals surface area contributed by atoms with E-state index in [0.29, 0.717) is 23.2 Å². The van der Waals surface area contributed by atoms with Crippen LogP contribution in [0.5, 0.6) is 0 Å². The van der Waals surface area contributed by atoms with Gasteiger partial charge in [-0.3, -0.25) is 0 Å². The largest absolute Gasteiger partial charge is 0.243 e. The van der Waals surface area contributed by atoms with Crippen LogP contribution in [-0.2, 0) is 15.9 Å². The quantitative estimate of drug-likeness (QED) is 0.792. The second-order valence-electron chi connectivity index (χ2n) is 6.15. The Labute approximate surface area is 132 Å². The topological polar surface area (TPSA) is 37.4 Å². The smallest absolute Gasteiger partial charge is 0.207 e.